The Balaban J connectivity index is 1.37. The van der Waals surface area contributed by atoms with E-state index in [2.05, 4.69) is 46.3 Å². The molecule has 24 heavy (non-hydrogen) atoms. The van der Waals surface area contributed by atoms with Gasteiger partial charge in [0.2, 0.25) is 5.91 Å². The van der Waals surface area contributed by atoms with Gasteiger partial charge in [0.1, 0.15) is 0 Å². The van der Waals surface area contributed by atoms with Crippen LogP contribution in [0.5, 0.6) is 0 Å². The molecule has 1 aromatic carbocycles. The second kappa shape index (κ2) is 8.52. The second-order valence-electron chi connectivity index (χ2n) is 7.32. The van der Waals surface area contributed by atoms with Gasteiger partial charge in [-0.25, -0.2) is 0 Å². The third-order valence-corrected chi connectivity index (χ3v) is 5.36. The van der Waals surface area contributed by atoms with E-state index in [4.69, 9.17) is 0 Å². The van der Waals surface area contributed by atoms with Crippen molar-refractivity contribution in [2.75, 3.05) is 37.6 Å². The molecule has 1 aliphatic carbocycles. The van der Waals surface area contributed by atoms with Crippen molar-refractivity contribution in [1.29, 1.82) is 0 Å². The van der Waals surface area contributed by atoms with Gasteiger partial charge in [-0.15, -0.1) is 0 Å². The molecule has 1 aliphatic heterocycles. The van der Waals surface area contributed by atoms with Crippen LogP contribution in [-0.2, 0) is 4.79 Å². The Bertz CT molecular complexity index is 531. The summed E-state index contributed by atoms with van der Waals surface area (Å²) in [5.41, 5.74) is 2.64. The van der Waals surface area contributed by atoms with Gasteiger partial charge in [-0.2, -0.15) is 0 Å². The maximum Gasteiger partial charge on any atom is 0.221 e. The van der Waals surface area contributed by atoms with Crippen molar-refractivity contribution >= 4 is 11.6 Å². The number of benzene rings is 1. The fraction of sp³-hybridized carbons (Fsp3) is 0.650. The molecule has 1 saturated heterocycles. The highest BCUT2D eigenvalue weighted by molar-refractivity contribution is 5.76. The summed E-state index contributed by atoms with van der Waals surface area (Å²) in [6.45, 7) is 7.22. The molecule has 1 amide bonds. The normalized spacial score (nSPS) is 20.1. The number of hydrogen-bond acceptors (Lipinski definition) is 3. The number of nitrogens with zero attached hydrogens (tertiary/aromatic N) is 2. The highest BCUT2D eigenvalue weighted by atomic mass is 16.1. The summed E-state index contributed by atoms with van der Waals surface area (Å²) in [4.78, 5) is 17.0. The maximum atomic E-state index is 12.1. The smallest absolute Gasteiger partial charge is 0.221 e. The molecular formula is C20H31N3O. The maximum absolute atomic E-state index is 12.1. The molecule has 2 aliphatic rings. The number of hydrogen-bond donors (Lipinski definition) is 1. The first-order valence-electron chi connectivity index (χ1n) is 9.54. The van der Waals surface area contributed by atoms with Gasteiger partial charge in [0.25, 0.3) is 0 Å². The lowest BCUT2D eigenvalue weighted by molar-refractivity contribution is -0.122. The third-order valence-electron chi connectivity index (χ3n) is 5.36. The summed E-state index contributed by atoms with van der Waals surface area (Å²) in [6, 6.07) is 9.16. The predicted molar refractivity (Wildman–Crippen MR) is 99.5 cm³/mol. The Morgan fingerprint density at radius 2 is 1.88 bits per heavy atom. The summed E-state index contributed by atoms with van der Waals surface area (Å²) < 4.78 is 0. The van der Waals surface area contributed by atoms with Crippen molar-refractivity contribution in [2.45, 2.75) is 51.5 Å². The first-order valence-corrected chi connectivity index (χ1v) is 9.54. The number of aryl methyl sites for hydroxylation is 1. The molecule has 0 radical (unpaired) electrons. The minimum atomic E-state index is 0.239. The van der Waals surface area contributed by atoms with Crippen molar-refractivity contribution < 1.29 is 4.79 Å². The van der Waals surface area contributed by atoms with Gasteiger partial charge < -0.3 is 10.2 Å². The van der Waals surface area contributed by atoms with Crippen LogP contribution in [0.3, 0.4) is 0 Å². The number of carbonyl (C=O) groups is 1. The van der Waals surface area contributed by atoms with Crippen LogP contribution in [0.4, 0.5) is 5.69 Å². The molecule has 4 heteroatoms. The molecule has 0 unspecified atom stereocenters. The van der Waals surface area contributed by atoms with Gasteiger partial charge in [0.15, 0.2) is 0 Å². The SMILES string of the molecule is Cc1cccc(N2CCN(CCC(=O)NC3CCCCC3)CC2)c1. The third kappa shape index (κ3) is 4.97. The van der Waals surface area contributed by atoms with E-state index in [1.807, 2.05) is 0 Å². The Labute approximate surface area is 146 Å². The van der Waals surface area contributed by atoms with Crippen LogP contribution >= 0.6 is 0 Å². The zero-order chi connectivity index (χ0) is 16.8. The van der Waals surface area contributed by atoms with E-state index in [9.17, 15) is 4.79 Å². The summed E-state index contributed by atoms with van der Waals surface area (Å²) in [6.07, 6.45) is 6.85. The predicted octanol–water partition coefficient (Wildman–Crippen LogP) is 2.96. The highest BCUT2D eigenvalue weighted by Crippen LogP contribution is 2.19. The van der Waals surface area contributed by atoms with Gasteiger partial charge in [-0.05, 0) is 37.5 Å². The van der Waals surface area contributed by atoms with E-state index in [0.29, 0.717) is 12.5 Å². The fourth-order valence-corrected chi connectivity index (χ4v) is 3.86. The van der Waals surface area contributed by atoms with E-state index in [0.717, 1.165) is 32.7 Å². The standard InChI is InChI=1S/C20H31N3O/c1-17-6-5-9-19(16-17)23-14-12-22(13-15-23)11-10-20(24)21-18-7-3-2-4-8-18/h5-6,9,16,18H,2-4,7-8,10-15H2,1H3,(H,21,24). The Morgan fingerprint density at radius 3 is 2.58 bits per heavy atom. The minimum Gasteiger partial charge on any atom is -0.369 e. The van der Waals surface area contributed by atoms with E-state index in [1.165, 1.54) is 43.4 Å². The molecule has 1 aromatic rings. The summed E-state index contributed by atoms with van der Waals surface area (Å²) >= 11 is 0. The van der Waals surface area contributed by atoms with E-state index in [-0.39, 0.29) is 5.91 Å². The van der Waals surface area contributed by atoms with Crippen LogP contribution in [0, 0.1) is 6.92 Å². The lowest BCUT2D eigenvalue weighted by atomic mass is 9.95. The van der Waals surface area contributed by atoms with Crippen LogP contribution in [0.2, 0.25) is 0 Å². The van der Waals surface area contributed by atoms with Gasteiger partial charge in [0.05, 0.1) is 0 Å². The van der Waals surface area contributed by atoms with Crippen molar-refractivity contribution in [3.63, 3.8) is 0 Å². The first-order chi connectivity index (χ1) is 11.7. The molecule has 1 saturated carbocycles. The Morgan fingerprint density at radius 1 is 1.12 bits per heavy atom. The van der Waals surface area contributed by atoms with Crippen LogP contribution in [0.1, 0.15) is 44.1 Å². The quantitative estimate of drug-likeness (QED) is 0.902. The average molecular weight is 329 g/mol. The molecule has 0 aromatic heterocycles. The highest BCUT2D eigenvalue weighted by Gasteiger charge is 2.19. The fourth-order valence-electron chi connectivity index (χ4n) is 3.86. The summed E-state index contributed by atoms with van der Waals surface area (Å²) in [5.74, 6) is 0.239. The van der Waals surface area contributed by atoms with E-state index in [1.54, 1.807) is 0 Å². The molecule has 132 valence electrons. The van der Waals surface area contributed by atoms with Crippen LogP contribution in [0.15, 0.2) is 24.3 Å². The molecule has 0 bridgehead atoms. The minimum absolute atomic E-state index is 0.239. The molecule has 1 heterocycles. The summed E-state index contributed by atoms with van der Waals surface area (Å²) in [5, 5.41) is 3.22. The summed E-state index contributed by atoms with van der Waals surface area (Å²) in [7, 11) is 0. The van der Waals surface area contributed by atoms with Crippen LogP contribution in [-0.4, -0.2) is 49.6 Å². The monoisotopic (exact) mass is 329 g/mol. The van der Waals surface area contributed by atoms with Gasteiger partial charge in [0, 0.05) is 50.9 Å². The average Bonchev–Trinajstić information content (AvgIpc) is 2.61. The van der Waals surface area contributed by atoms with Crippen LogP contribution < -0.4 is 10.2 Å². The number of nitrogens with one attached hydrogen (secondary N) is 1. The lowest BCUT2D eigenvalue weighted by Gasteiger charge is -2.36. The number of rotatable bonds is 5. The number of anilines is 1. The van der Waals surface area contributed by atoms with E-state index >= 15 is 0 Å². The van der Waals surface area contributed by atoms with Gasteiger partial charge >= 0.3 is 0 Å². The van der Waals surface area contributed by atoms with Gasteiger partial charge in [-0.1, -0.05) is 31.4 Å². The Hall–Kier alpha value is -1.55. The molecule has 1 N–H and O–H groups in total. The molecular weight excluding hydrogens is 298 g/mol. The number of amides is 1. The zero-order valence-electron chi connectivity index (χ0n) is 15.0. The Kier molecular flexibility index (Phi) is 6.13. The molecule has 0 atom stereocenters. The molecule has 4 nitrogen and oxygen atoms in total. The zero-order valence-corrected chi connectivity index (χ0v) is 15.0. The largest absolute Gasteiger partial charge is 0.369 e. The lowest BCUT2D eigenvalue weighted by Crippen LogP contribution is -2.47. The van der Waals surface area contributed by atoms with Crippen molar-refractivity contribution in [2.24, 2.45) is 0 Å². The molecule has 0 spiro atoms. The van der Waals surface area contributed by atoms with Crippen molar-refractivity contribution in [1.82, 2.24) is 10.2 Å². The topological polar surface area (TPSA) is 35.6 Å². The molecule has 3 rings (SSSR count). The molecule has 2 fully saturated rings. The van der Waals surface area contributed by atoms with Crippen LogP contribution in [0.25, 0.3) is 0 Å². The van der Waals surface area contributed by atoms with Crippen molar-refractivity contribution in [3.8, 4) is 0 Å². The van der Waals surface area contributed by atoms with Crippen molar-refractivity contribution in [3.05, 3.63) is 29.8 Å². The number of carbonyl (C=O) groups excluding carboxylic acids is 1. The first kappa shape index (κ1) is 17.3. The van der Waals surface area contributed by atoms with Gasteiger partial charge in [-0.3, -0.25) is 9.69 Å². The second-order valence-corrected chi connectivity index (χ2v) is 7.32. The van der Waals surface area contributed by atoms with E-state index < -0.39 is 0 Å². The number of piperazine rings is 1.